The molecule has 1 heterocycles. The number of hydrogen-bond donors (Lipinski definition) is 1. The van der Waals surface area contributed by atoms with Crippen molar-refractivity contribution in [2.24, 2.45) is 0 Å². The van der Waals surface area contributed by atoms with E-state index in [2.05, 4.69) is 21.2 Å². The molecule has 2 aromatic carbocycles. The molecule has 0 saturated carbocycles. The van der Waals surface area contributed by atoms with Gasteiger partial charge < -0.3 is 5.32 Å². The molecule has 0 radical (unpaired) electrons. The maximum absolute atomic E-state index is 13.9. The van der Waals surface area contributed by atoms with Crippen molar-refractivity contribution in [1.82, 2.24) is 5.32 Å². The number of rotatable bonds is 3. The molecule has 0 aliphatic carbocycles. The summed E-state index contributed by atoms with van der Waals surface area (Å²) in [6.07, 6.45) is 0.492. The second-order valence-electron chi connectivity index (χ2n) is 5.25. The second kappa shape index (κ2) is 5.26. The molecule has 0 bridgehead atoms. The van der Waals surface area contributed by atoms with E-state index in [9.17, 15) is 8.78 Å². The van der Waals surface area contributed by atoms with E-state index in [0.717, 1.165) is 29.2 Å². The Morgan fingerprint density at radius 1 is 1.05 bits per heavy atom. The van der Waals surface area contributed by atoms with Gasteiger partial charge in [0.1, 0.15) is 0 Å². The summed E-state index contributed by atoms with van der Waals surface area (Å²) in [7, 11) is 0. The third-order valence-electron chi connectivity index (χ3n) is 3.93. The Morgan fingerprint density at radius 2 is 1.80 bits per heavy atom. The predicted molar refractivity (Wildman–Crippen MR) is 78.8 cm³/mol. The number of hydrogen-bond acceptors (Lipinski definition) is 1. The molecule has 3 rings (SSSR count). The summed E-state index contributed by atoms with van der Waals surface area (Å²) >= 11 is 3.56. The molecular weight excluding hydrogens is 324 g/mol. The van der Waals surface area contributed by atoms with Crippen molar-refractivity contribution < 1.29 is 8.78 Å². The molecule has 1 fully saturated rings. The van der Waals surface area contributed by atoms with Gasteiger partial charge in [-0.25, -0.2) is 8.78 Å². The van der Waals surface area contributed by atoms with Crippen LogP contribution in [0.2, 0.25) is 0 Å². The van der Waals surface area contributed by atoms with Gasteiger partial charge in [-0.2, -0.15) is 0 Å². The van der Waals surface area contributed by atoms with Crippen LogP contribution in [-0.4, -0.2) is 13.1 Å². The molecule has 1 saturated heterocycles. The van der Waals surface area contributed by atoms with Crippen LogP contribution in [0.4, 0.5) is 8.78 Å². The van der Waals surface area contributed by atoms with Crippen LogP contribution in [0.5, 0.6) is 0 Å². The highest BCUT2D eigenvalue weighted by Gasteiger charge is 2.40. The zero-order valence-electron chi connectivity index (χ0n) is 10.8. The van der Waals surface area contributed by atoms with E-state index < -0.39 is 11.6 Å². The lowest BCUT2D eigenvalue weighted by Gasteiger charge is -2.44. The molecule has 0 aromatic heterocycles. The first-order valence-electron chi connectivity index (χ1n) is 6.51. The highest BCUT2D eigenvalue weighted by molar-refractivity contribution is 9.10. The van der Waals surface area contributed by atoms with Crippen molar-refractivity contribution in [3.05, 3.63) is 69.7 Å². The molecule has 0 unspecified atom stereocenters. The van der Waals surface area contributed by atoms with E-state index in [1.54, 1.807) is 12.1 Å². The van der Waals surface area contributed by atoms with Crippen molar-refractivity contribution in [3.63, 3.8) is 0 Å². The van der Waals surface area contributed by atoms with E-state index >= 15 is 0 Å². The number of benzene rings is 2. The molecule has 1 N–H and O–H groups in total. The molecule has 0 amide bonds. The van der Waals surface area contributed by atoms with Crippen molar-refractivity contribution in [1.29, 1.82) is 0 Å². The summed E-state index contributed by atoms with van der Waals surface area (Å²) < 4.78 is 28.3. The van der Waals surface area contributed by atoms with Gasteiger partial charge in [-0.05, 0) is 29.7 Å². The highest BCUT2D eigenvalue weighted by atomic mass is 79.9. The van der Waals surface area contributed by atoms with Gasteiger partial charge in [-0.1, -0.05) is 46.3 Å². The summed E-state index contributed by atoms with van der Waals surface area (Å²) in [6, 6.07) is 12.3. The molecule has 20 heavy (non-hydrogen) atoms. The number of halogens is 3. The van der Waals surface area contributed by atoms with Crippen LogP contribution in [0.25, 0.3) is 0 Å². The van der Waals surface area contributed by atoms with Gasteiger partial charge >= 0.3 is 0 Å². The lowest BCUT2D eigenvalue weighted by atomic mass is 9.71. The zero-order chi connectivity index (χ0) is 14.2. The third kappa shape index (κ3) is 2.27. The van der Waals surface area contributed by atoms with E-state index in [4.69, 9.17) is 0 Å². The summed E-state index contributed by atoms with van der Waals surface area (Å²) in [4.78, 5) is 0. The smallest absolute Gasteiger partial charge is 0.162 e. The van der Waals surface area contributed by atoms with Crippen LogP contribution in [0.1, 0.15) is 11.1 Å². The van der Waals surface area contributed by atoms with Gasteiger partial charge in [0.25, 0.3) is 0 Å². The zero-order valence-corrected chi connectivity index (χ0v) is 12.4. The van der Waals surface area contributed by atoms with Crippen molar-refractivity contribution in [2.75, 3.05) is 13.1 Å². The molecular formula is C16H14BrF2N. The molecule has 0 atom stereocenters. The van der Waals surface area contributed by atoms with E-state index in [1.807, 2.05) is 24.3 Å². The molecule has 104 valence electrons. The average molecular weight is 338 g/mol. The van der Waals surface area contributed by atoms with Crippen LogP contribution in [0, 0.1) is 11.6 Å². The minimum Gasteiger partial charge on any atom is -0.315 e. The van der Waals surface area contributed by atoms with Crippen molar-refractivity contribution in [2.45, 2.75) is 11.8 Å². The maximum atomic E-state index is 13.9. The summed E-state index contributed by atoms with van der Waals surface area (Å²) in [6.45, 7) is 1.54. The lowest BCUT2D eigenvalue weighted by molar-refractivity contribution is 0.270. The average Bonchev–Trinajstić information content (AvgIpc) is 2.40. The molecule has 4 heteroatoms. The molecule has 1 nitrogen and oxygen atoms in total. The van der Waals surface area contributed by atoms with Crippen LogP contribution >= 0.6 is 15.9 Å². The molecule has 2 aromatic rings. The van der Waals surface area contributed by atoms with Gasteiger partial charge in [-0.3, -0.25) is 0 Å². The maximum Gasteiger partial charge on any atom is 0.162 e. The van der Waals surface area contributed by atoms with E-state index in [-0.39, 0.29) is 5.41 Å². The Balaban J connectivity index is 1.99. The van der Waals surface area contributed by atoms with Crippen molar-refractivity contribution >= 4 is 15.9 Å². The third-order valence-corrected chi connectivity index (χ3v) is 4.62. The van der Waals surface area contributed by atoms with Gasteiger partial charge in [0.2, 0.25) is 0 Å². The van der Waals surface area contributed by atoms with Crippen molar-refractivity contribution in [3.8, 4) is 0 Å². The highest BCUT2D eigenvalue weighted by Crippen LogP contribution is 2.37. The molecule has 1 aliphatic heterocycles. The minimum atomic E-state index is -0.780. The quantitative estimate of drug-likeness (QED) is 0.897. The topological polar surface area (TPSA) is 12.0 Å². The Kier molecular flexibility index (Phi) is 3.61. The monoisotopic (exact) mass is 337 g/mol. The lowest BCUT2D eigenvalue weighted by Crippen LogP contribution is -2.58. The minimum absolute atomic E-state index is 0.172. The van der Waals surface area contributed by atoms with E-state index in [0.29, 0.717) is 12.0 Å². The fourth-order valence-electron chi connectivity index (χ4n) is 2.78. The van der Waals surface area contributed by atoms with Crippen LogP contribution < -0.4 is 5.32 Å². The van der Waals surface area contributed by atoms with E-state index in [1.165, 1.54) is 0 Å². The van der Waals surface area contributed by atoms with Gasteiger partial charge in [0.05, 0.1) is 0 Å². The fraction of sp³-hybridized carbons (Fsp3) is 0.250. The number of nitrogens with one attached hydrogen (secondary N) is 1. The second-order valence-corrected chi connectivity index (χ2v) is 6.11. The standard InChI is InChI=1S/C16H14BrF2N/c17-13-6-2-1-5-12(13)16(9-20-10-16)8-11-4-3-7-14(18)15(11)19/h1-7,20H,8-10H2. The Labute approximate surface area is 125 Å². The van der Waals surface area contributed by atoms with Crippen LogP contribution in [0.15, 0.2) is 46.9 Å². The first kappa shape index (κ1) is 13.7. The normalized spacial score (nSPS) is 16.8. The molecule has 1 aliphatic rings. The van der Waals surface area contributed by atoms with Crippen LogP contribution in [-0.2, 0) is 11.8 Å². The first-order valence-corrected chi connectivity index (χ1v) is 7.30. The predicted octanol–water partition coefficient (Wildman–Crippen LogP) is 3.81. The summed E-state index contributed by atoms with van der Waals surface area (Å²) in [5, 5.41) is 3.25. The Morgan fingerprint density at radius 3 is 2.45 bits per heavy atom. The first-order chi connectivity index (χ1) is 9.62. The van der Waals surface area contributed by atoms with Gasteiger partial charge in [0.15, 0.2) is 11.6 Å². The largest absolute Gasteiger partial charge is 0.315 e. The van der Waals surface area contributed by atoms with Gasteiger partial charge in [-0.15, -0.1) is 0 Å². The van der Waals surface area contributed by atoms with Crippen LogP contribution in [0.3, 0.4) is 0 Å². The fourth-order valence-corrected chi connectivity index (χ4v) is 3.48. The Hall–Kier alpha value is -1.26. The summed E-state index contributed by atoms with van der Waals surface area (Å²) in [5.74, 6) is -1.51. The SMILES string of the molecule is Fc1cccc(CC2(c3ccccc3Br)CNC2)c1F. The molecule has 0 spiro atoms. The summed E-state index contributed by atoms with van der Waals surface area (Å²) in [5.41, 5.74) is 1.40. The Bertz CT molecular complexity index is 638. The van der Waals surface area contributed by atoms with Gasteiger partial charge in [0, 0.05) is 23.0 Å².